The second-order valence-corrected chi connectivity index (χ2v) is 6.08. The van der Waals surface area contributed by atoms with E-state index in [9.17, 15) is 9.59 Å². The van der Waals surface area contributed by atoms with E-state index >= 15 is 0 Å². The topological polar surface area (TPSA) is 58.5 Å². The Morgan fingerprint density at radius 1 is 1.32 bits per heavy atom. The largest absolute Gasteiger partial charge is 0.325 e. The van der Waals surface area contributed by atoms with Crippen LogP contribution in [0.2, 0.25) is 0 Å². The fourth-order valence-electron chi connectivity index (χ4n) is 2.45. The molecule has 0 bridgehead atoms. The van der Waals surface area contributed by atoms with E-state index in [0.29, 0.717) is 11.3 Å². The number of carbonyl (C=O) groups excluding carboxylic acids is 2. The molecule has 1 aromatic carbocycles. The smallest absolute Gasteiger partial charge is 0.277 e. The van der Waals surface area contributed by atoms with E-state index < -0.39 is 0 Å². The van der Waals surface area contributed by atoms with Crippen molar-refractivity contribution in [1.82, 2.24) is 5.32 Å². The molecule has 110 valence electrons. The normalized spacial score (nSPS) is 21.8. The third-order valence-electron chi connectivity index (χ3n) is 3.52. The summed E-state index contributed by atoms with van der Waals surface area (Å²) < 4.78 is 0.830. The summed E-state index contributed by atoms with van der Waals surface area (Å²) >= 11 is 3.33. The fourth-order valence-corrected chi connectivity index (χ4v) is 2.85. The van der Waals surface area contributed by atoms with Crippen LogP contribution in [0.1, 0.15) is 17.3 Å². The molecule has 1 atom stereocenters. The molecule has 1 heterocycles. The van der Waals surface area contributed by atoms with Gasteiger partial charge in [-0.15, -0.1) is 0 Å². The highest BCUT2D eigenvalue weighted by atomic mass is 79.9. The van der Waals surface area contributed by atoms with Gasteiger partial charge in [0.1, 0.15) is 0 Å². The summed E-state index contributed by atoms with van der Waals surface area (Å²) in [5.41, 5.74) is 2.78. The number of amides is 2. The summed E-state index contributed by atoms with van der Waals surface area (Å²) in [6.45, 7) is 1.91. The highest BCUT2D eigenvalue weighted by molar-refractivity contribution is 9.10. The van der Waals surface area contributed by atoms with Crippen LogP contribution in [0.15, 0.2) is 69.3 Å². The summed E-state index contributed by atoms with van der Waals surface area (Å²) in [5.74, 6) is -0.406. The molecule has 1 aliphatic heterocycles. The third-order valence-corrected chi connectivity index (χ3v) is 4.01. The Hall–Kier alpha value is -2.27. The van der Waals surface area contributed by atoms with Crippen LogP contribution >= 0.6 is 15.9 Å². The predicted octanol–water partition coefficient (Wildman–Crippen LogP) is 3.18. The molecule has 0 fully saturated rings. The lowest BCUT2D eigenvalue weighted by Crippen LogP contribution is -2.32. The SMILES string of the molecule is CC1=CC(=O)NC2=CC(=NC(=O)c3cccc(Br)c3)C=CC12. The molecule has 2 aliphatic rings. The van der Waals surface area contributed by atoms with Crippen molar-refractivity contribution in [3.63, 3.8) is 0 Å². The Kier molecular flexibility index (Phi) is 3.90. The minimum atomic E-state index is -0.314. The van der Waals surface area contributed by atoms with Gasteiger partial charge in [0.05, 0.1) is 5.71 Å². The molecule has 0 radical (unpaired) electrons. The highest BCUT2D eigenvalue weighted by Gasteiger charge is 2.23. The van der Waals surface area contributed by atoms with Crippen molar-refractivity contribution >= 4 is 33.5 Å². The zero-order chi connectivity index (χ0) is 15.7. The van der Waals surface area contributed by atoms with Gasteiger partial charge in [0.2, 0.25) is 5.91 Å². The van der Waals surface area contributed by atoms with E-state index in [4.69, 9.17) is 0 Å². The maximum absolute atomic E-state index is 12.2. The lowest BCUT2D eigenvalue weighted by molar-refractivity contribution is -0.116. The van der Waals surface area contributed by atoms with E-state index in [2.05, 4.69) is 26.2 Å². The second kappa shape index (κ2) is 5.85. The average Bonchev–Trinajstić information content (AvgIpc) is 2.46. The van der Waals surface area contributed by atoms with Gasteiger partial charge in [-0.25, -0.2) is 4.99 Å². The molecule has 1 aliphatic carbocycles. The van der Waals surface area contributed by atoms with Crippen LogP contribution in [0.5, 0.6) is 0 Å². The van der Waals surface area contributed by atoms with Crippen LogP contribution in [0, 0.1) is 5.92 Å². The Bertz CT molecular complexity index is 788. The van der Waals surface area contributed by atoms with Crippen molar-refractivity contribution in [3.05, 3.63) is 69.9 Å². The zero-order valence-electron chi connectivity index (χ0n) is 11.8. The number of halogens is 1. The summed E-state index contributed by atoms with van der Waals surface area (Å²) in [5, 5.41) is 2.80. The molecular formula is C17H13BrN2O2. The fraction of sp³-hybridized carbons (Fsp3) is 0.118. The van der Waals surface area contributed by atoms with Gasteiger partial charge in [0.15, 0.2) is 0 Å². The Morgan fingerprint density at radius 3 is 2.91 bits per heavy atom. The number of nitrogens with one attached hydrogen (secondary N) is 1. The number of rotatable bonds is 1. The number of aliphatic imine (C=N–C) groups is 1. The standard InChI is InChI=1S/C17H13BrN2O2/c1-10-7-16(21)20-15-9-13(5-6-14(10)15)19-17(22)11-3-2-4-12(18)8-11/h2-9,14H,1H3,(H,20,21). The predicted molar refractivity (Wildman–Crippen MR) is 88.5 cm³/mol. The first-order valence-corrected chi connectivity index (χ1v) is 7.60. The third kappa shape index (κ3) is 2.99. The minimum absolute atomic E-state index is 0.0534. The minimum Gasteiger partial charge on any atom is -0.325 e. The van der Waals surface area contributed by atoms with E-state index in [0.717, 1.165) is 15.7 Å². The lowest BCUT2D eigenvalue weighted by atomic mass is 9.89. The molecule has 2 amide bonds. The van der Waals surface area contributed by atoms with Gasteiger partial charge in [-0.3, -0.25) is 9.59 Å². The van der Waals surface area contributed by atoms with Crippen LogP contribution in [0.25, 0.3) is 0 Å². The summed E-state index contributed by atoms with van der Waals surface area (Å²) in [6, 6.07) is 7.08. The van der Waals surface area contributed by atoms with Gasteiger partial charge in [-0.1, -0.05) is 33.6 Å². The molecule has 0 aromatic heterocycles. The maximum Gasteiger partial charge on any atom is 0.277 e. The van der Waals surface area contributed by atoms with Crippen molar-refractivity contribution in [2.24, 2.45) is 10.9 Å². The van der Waals surface area contributed by atoms with Crippen LogP contribution in [0.3, 0.4) is 0 Å². The van der Waals surface area contributed by atoms with Crippen LogP contribution < -0.4 is 5.32 Å². The Balaban J connectivity index is 1.88. The molecule has 3 rings (SSSR count). The highest BCUT2D eigenvalue weighted by Crippen LogP contribution is 2.26. The number of benzene rings is 1. The van der Waals surface area contributed by atoms with Gasteiger partial charge < -0.3 is 5.32 Å². The first-order valence-electron chi connectivity index (χ1n) is 6.80. The first-order chi connectivity index (χ1) is 10.5. The maximum atomic E-state index is 12.2. The van der Waals surface area contributed by atoms with Crippen molar-refractivity contribution < 1.29 is 9.59 Å². The molecule has 0 saturated heterocycles. The first kappa shape index (κ1) is 14.7. The van der Waals surface area contributed by atoms with Crippen LogP contribution in [0.4, 0.5) is 0 Å². The van der Waals surface area contributed by atoms with Gasteiger partial charge in [-0.05, 0) is 37.3 Å². The quantitative estimate of drug-likeness (QED) is 0.839. The van der Waals surface area contributed by atoms with Gasteiger partial charge in [0.25, 0.3) is 5.91 Å². The number of carbonyl (C=O) groups is 2. The monoisotopic (exact) mass is 356 g/mol. The molecule has 1 N–H and O–H groups in total. The number of nitrogens with zero attached hydrogens (tertiary/aromatic N) is 1. The number of hydrogen-bond acceptors (Lipinski definition) is 2. The number of fused-ring (bicyclic) bond motifs is 1. The summed E-state index contributed by atoms with van der Waals surface area (Å²) in [4.78, 5) is 27.8. The van der Waals surface area contributed by atoms with Gasteiger partial charge in [0, 0.05) is 27.7 Å². The molecule has 0 spiro atoms. The van der Waals surface area contributed by atoms with Gasteiger partial charge >= 0.3 is 0 Å². The Labute approximate surface area is 136 Å². The lowest BCUT2D eigenvalue weighted by Gasteiger charge is -2.25. The molecule has 4 nitrogen and oxygen atoms in total. The van der Waals surface area contributed by atoms with E-state index in [1.807, 2.05) is 19.1 Å². The molecule has 22 heavy (non-hydrogen) atoms. The van der Waals surface area contributed by atoms with Crippen molar-refractivity contribution in [3.8, 4) is 0 Å². The number of hydrogen-bond donors (Lipinski definition) is 1. The van der Waals surface area contributed by atoms with Gasteiger partial charge in [-0.2, -0.15) is 0 Å². The molecular weight excluding hydrogens is 344 g/mol. The van der Waals surface area contributed by atoms with E-state index in [1.165, 1.54) is 0 Å². The average molecular weight is 357 g/mol. The summed E-state index contributed by atoms with van der Waals surface area (Å²) in [7, 11) is 0. The van der Waals surface area contributed by atoms with Crippen molar-refractivity contribution in [1.29, 1.82) is 0 Å². The molecule has 5 heteroatoms. The zero-order valence-corrected chi connectivity index (χ0v) is 13.4. The summed E-state index contributed by atoms with van der Waals surface area (Å²) in [6.07, 6.45) is 7.07. The molecule has 1 aromatic rings. The second-order valence-electron chi connectivity index (χ2n) is 5.17. The number of allylic oxidation sites excluding steroid dienone is 3. The Morgan fingerprint density at radius 2 is 2.14 bits per heavy atom. The van der Waals surface area contributed by atoms with Crippen molar-refractivity contribution in [2.75, 3.05) is 0 Å². The van der Waals surface area contributed by atoms with Crippen LogP contribution in [-0.4, -0.2) is 17.5 Å². The van der Waals surface area contributed by atoms with E-state index in [-0.39, 0.29) is 17.7 Å². The van der Waals surface area contributed by atoms with E-state index in [1.54, 1.807) is 36.4 Å². The van der Waals surface area contributed by atoms with Crippen LogP contribution in [-0.2, 0) is 4.79 Å². The molecule has 1 unspecified atom stereocenters. The van der Waals surface area contributed by atoms with Crippen molar-refractivity contribution in [2.45, 2.75) is 6.92 Å². The molecule has 0 saturated carbocycles.